The number of ether oxygens (including phenoxy) is 1. The van der Waals surface area contributed by atoms with Gasteiger partial charge in [0.2, 0.25) is 0 Å². The molecule has 0 radical (unpaired) electrons. The molecule has 1 aliphatic carbocycles. The summed E-state index contributed by atoms with van der Waals surface area (Å²) in [7, 11) is 0. The number of amides is 2. The number of hydrogen-bond donors (Lipinski definition) is 4. The topological polar surface area (TPSA) is 82.6 Å². The van der Waals surface area contributed by atoms with Crippen LogP contribution in [0.25, 0.3) is 0 Å². The lowest BCUT2D eigenvalue weighted by molar-refractivity contribution is 0.161. The first kappa shape index (κ1) is 20.5. The Morgan fingerprint density at radius 1 is 1.19 bits per heavy atom. The third-order valence-electron chi connectivity index (χ3n) is 4.36. The van der Waals surface area contributed by atoms with Crippen LogP contribution in [-0.4, -0.2) is 42.0 Å². The first-order valence-corrected chi connectivity index (χ1v) is 9.54. The van der Waals surface area contributed by atoms with Crippen LogP contribution >= 0.6 is 0 Å². The van der Waals surface area contributed by atoms with Crippen LogP contribution in [0, 0.1) is 0 Å². The zero-order valence-electron chi connectivity index (χ0n) is 16.2. The minimum absolute atomic E-state index is 0.0121. The van der Waals surface area contributed by atoms with Crippen molar-refractivity contribution in [2.24, 2.45) is 0 Å². The van der Waals surface area contributed by atoms with Gasteiger partial charge in [-0.1, -0.05) is 19.3 Å². The quantitative estimate of drug-likeness (QED) is 0.599. The van der Waals surface area contributed by atoms with Crippen molar-refractivity contribution in [2.75, 3.05) is 18.5 Å². The number of benzene rings is 1. The maximum atomic E-state index is 12.1. The Morgan fingerprint density at radius 3 is 2.42 bits per heavy atom. The molecule has 1 unspecified atom stereocenters. The predicted octanol–water partition coefficient (Wildman–Crippen LogP) is 3.27. The first-order valence-electron chi connectivity index (χ1n) is 9.54. The summed E-state index contributed by atoms with van der Waals surface area (Å²) in [6, 6.07) is 7.29. The van der Waals surface area contributed by atoms with E-state index in [9.17, 15) is 9.90 Å². The summed E-state index contributed by atoms with van der Waals surface area (Å²) < 4.78 is 5.74. The summed E-state index contributed by atoms with van der Waals surface area (Å²) in [5.74, 6) is 0.706. The zero-order valence-corrected chi connectivity index (χ0v) is 16.2. The third-order valence-corrected chi connectivity index (χ3v) is 4.36. The van der Waals surface area contributed by atoms with Gasteiger partial charge in [0.05, 0.1) is 12.6 Å². The molecule has 1 aliphatic rings. The number of hydrogen-bond acceptors (Lipinski definition) is 4. The average Bonchev–Trinajstić information content (AvgIpc) is 2.59. The predicted molar refractivity (Wildman–Crippen MR) is 105 cm³/mol. The van der Waals surface area contributed by atoms with Gasteiger partial charge in [-0.3, -0.25) is 0 Å². The number of urea groups is 1. The molecule has 1 fully saturated rings. The molecule has 0 bridgehead atoms. The van der Waals surface area contributed by atoms with Crippen LogP contribution < -0.4 is 20.7 Å². The van der Waals surface area contributed by atoms with Crippen molar-refractivity contribution in [3.8, 4) is 5.75 Å². The van der Waals surface area contributed by atoms with Gasteiger partial charge >= 0.3 is 6.03 Å². The highest BCUT2D eigenvalue weighted by molar-refractivity contribution is 5.89. The van der Waals surface area contributed by atoms with Gasteiger partial charge in [0.15, 0.2) is 0 Å². The molecule has 0 heterocycles. The molecule has 1 atom stereocenters. The molecular weight excluding hydrogens is 330 g/mol. The molecule has 0 aliphatic heterocycles. The molecule has 1 aromatic rings. The summed E-state index contributed by atoms with van der Waals surface area (Å²) in [6.45, 7) is 6.54. The van der Waals surface area contributed by atoms with Gasteiger partial charge in [-0.25, -0.2) is 4.79 Å². The van der Waals surface area contributed by atoms with E-state index in [0.29, 0.717) is 12.4 Å². The summed E-state index contributed by atoms with van der Waals surface area (Å²) in [5.41, 5.74) is 0.646. The number of aliphatic hydroxyl groups is 1. The molecule has 2 amide bonds. The third kappa shape index (κ3) is 7.62. The average molecular weight is 364 g/mol. The van der Waals surface area contributed by atoms with E-state index in [4.69, 9.17) is 4.74 Å². The van der Waals surface area contributed by atoms with E-state index in [-0.39, 0.29) is 30.3 Å². The van der Waals surface area contributed by atoms with Crippen molar-refractivity contribution < 1.29 is 14.6 Å². The fourth-order valence-corrected chi connectivity index (χ4v) is 3.18. The van der Waals surface area contributed by atoms with Gasteiger partial charge in [0, 0.05) is 17.3 Å². The Hall–Kier alpha value is -1.79. The van der Waals surface area contributed by atoms with Gasteiger partial charge in [0.1, 0.15) is 12.4 Å². The molecule has 1 saturated carbocycles. The second kappa shape index (κ2) is 9.78. The van der Waals surface area contributed by atoms with E-state index < -0.39 is 0 Å². The van der Waals surface area contributed by atoms with Crippen LogP contribution in [0.1, 0.15) is 52.9 Å². The van der Waals surface area contributed by atoms with Crippen molar-refractivity contribution in [1.82, 2.24) is 10.6 Å². The van der Waals surface area contributed by atoms with E-state index in [2.05, 4.69) is 36.7 Å². The largest absolute Gasteiger partial charge is 0.492 e. The summed E-state index contributed by atoms with van der Waals surface area (Å²) in [6.07, 6.45) is 5.78. The van der Waals surface area contributed by atoms with Crippen molar-refractivity contribution in [2.45, 2.75) is 70.5 Å². The second-order valence-corrected chi connectivity index (χ2v) is 8.04. The molecule has 4 N–H and O–H groups in total. The molecule has 26 heavy (non-hydrogen) atoms. The smallest absolute Gasteiger partial charge is 0.319 e. The Kier molecular flexibility index (Phi) is 7.72. The van der Waals surface area contributed by atoms with Crippen LogP contribution in [-0.2, 0) is 0 Å². The molecule has 2 rings (SSSR count). The van der Waals surface area contributed by atoms with E-state index in [1.807, 2.05) is 24.3 Å². The first-order chi connectivity index (χ1) is 12.4. The fraction of sp³-hybridized carbons (Fsp3) is 0.650. The maximum Gasteiger partial charge on any atom is 0.319 e. The summed E-state index contributed by atoms with van der Waals surface area (Å²) in [4.78, 5) is 12.1. The normalized spacial score (nSPS) is 16.8. The number of aliphatic hydroxyl groups excluding tert-OH is 1. The highest BCUT2D eigenvalue weighted by atomic mass is 16.5. The van der Waals surface area contributed by atoms with Crippen molar-refractivity contribution in [3.63, 3.8) is 0 Å². The molecule has 6 heteroatoms. The highest BCUT2D eigenvalue weighted by Gasteiger charge is 2.17. The van der Waals surface area contributed by atoms with Gasteiger partial charge < -0.3 is 25.8 Å². The van der Waals surface area contributed by atoms with Crippen LogP contribution in [0.3, 0.4) is 0 Å². The van der Waals surface area contributed by atoms with Crippen LogP contribution in [0.4, 0.5) is 10.5 Å². The summed E-state index contributed by atoms with van der Waals surface area (Å²) >= 11 is 0. The van der Waals surface area contributed by atoms with Crippen molar-refractivity contribution in [3.05, 3.63) is 24.3 Å². The number of nitrogens with one attached hydrogen (secondary N) is 3. The van der Waals surface area contributed by atoms with Gasteiger partial charge in [-0.15, -0.1) is 0 Å². The molecule has 0 saturated heterocycles. The summed E-state index contributed by atoms with van der Waals surface area (Å²) in [5, 5.41) is 18.7. The minimum Gasteiger partial charge on any atom is -0.492 e. The lowest BCUT2D eigenvalue weighted by Crippen LogP contribution is -2.48. The highest BCUT2D eigenvalue weighted by Crippen LogP contribution is 2.19. The molecule has 146 valence electrons. The van der Waals surface area contributed by atoms with Crippen LogP contribution in [0.5, 0.6) is 5.75 Å². The second-order valence-electron chi connectivity index (χ2n) is 8.04. The molecule has 1 aromatic carbocycles. The van der Waals surface area contributed by atoms with Crippen molar-refractivity contribution in [1.29, 1.82) is 0 Å². The minimum atomic E-state index is -0.153. The van der Waals surface area contributed by atoms with E-state index >= 15 is 0 Å². The SMILES string of the molecule is CC(C)(C)NC(CO)COc1ccc(NC(=O)NC2CCCCC2)cc1. The molecular formula is C20H33N3O3. The van der Waals surface area contributed by atoms with Gasteiger partial charge in [0.25, 0.3) is 0 Å². The Morgan fingerprint density at radius 2 is 1.85 bits per heavy atom. The molecule has 0 aromatic heterocycles. The lowest BCUT2D eigenvalue weighted by Gasteiger charge is -2.27. The van der Waals surface area contributed by atoms with E-state index in [0.717, 1.165) is 18.5 Å². The standard InChI is InChI=1S/C20H33N3O3/c1-20(2,3)23-17(13-24)14-26-18-11-9-16(10-12-18)22-19(25)21-15-7-5-4-6-8-15/h9-12,15,17,23-24H,4-8,13-14H2,1-3H3,(H2,21,22,25). The molecule has 0 spiro atoms. The number of carbonyl (C=O) groups is 1. The van der Waals surface area contributed by atoms with E-state index in [1.54, 1.807) is 0 Å². The molecule has 6 nitrogen and oxygen atoms in total. The Balaban J connectivity index is 1.77. The Bertz CT molecular complexity index is 548. The fourth-order valence-electron chi connectivity index (χ4n) is 3.18. The van der Waals surface area contributed by atoms with E-state index in [1.165, 1.54) is 19.3 Å². The van der Waals surface area contributed by atoms with Gasteiger partial charge in [-0.05, 0) is 57.9 Å². The number of rotatable bonds is 7. The van der Waals surface area contributed by atoms with Gasteiger partial charge in [-0.2, -0.15) is 0 Å². The van der Waals surface area contributed by atoms with Crippen LogP contribution in [0.2, 0.25) is 0 Å². The monoisotopic (exact) mass is 363 g/mol. The number of carbonyl (C=O) groups excluding carboxylic acids is 1. The van der Waals surface area contributed by atoms with Crippen molar-refractivity contribution >= 4 is 11.7 Å². The van der Waals surface area contributed by atoms with Crippen LogP contribution in [0.15, 0.2) is 24.3 Å². The Labute approximate surface area is 156 Å². The number of anilines is 1. The lowest BCUT2D eigenvalue weighted by atomic mass is 9.96. The maximum absolute atomic E-state index is 12.1. The zero-order chi connectivity index (χ0) is 19.0.